The van der Waals surface area contributed by atoms with Crippen molar-refractivity contribution in [2.75, 3.05) is 20.1 Å². The molecule has 50 heavy (non-hydrogen) atoms. The van der Waals surface area contributed by atoms with Crippen LogP contribution in [-0.4, -0.2) is 58.2 Å². The van der Waals surface area contributed by atoms with E-state index in [2.05, 4.69) is 58.6 Å². The highest BCUT2D eigenvalue weighted by Crippen LogP contribution is 2.38. The zero-order valence-corrected chi connectivity index (χ0v) is 28.9. The second-order valence-corrected chi connectivity index (χ2v) is 13.0. The number of carbonyl (C=O) groups is 2. The molecule has 0 radical (unpaired) electrons. The van der Waals surface area contributed by atoms with Crippen LogP contribution in [-0.2, 0) is 38.6 Å². The highest BCUT2D eigenvalue weighted by atomic mass is 16.7. The van der Waals surface area contributed by atoms with Crippen molar-refractivity contribution in [2.24, 2.45) is 0 Å². The number of likely N-dealkylation sites (N-methyl/N-ethyl adjacent to an activating group) is 1. The lowest BCUT2D eigenvalue weighted by atomic mass is 9.97. The van der Waals surface area contributed by atoms with Crippen molar-refractivity contribution in [1.82, 2.24) is 15.2 Å². The summed E-state index contributed by atoms with van der Waals surface area (Å²) in [5.41, 5.74) is 7.03. The lowest BCUT2D eigenvalue weighted by Crippen LogP contribution is -2.38. The highest BCUT2D eigenvalue weighted by Gasteiger charge is 2.32. The molecule has 0 aliphatic carbocycles. The summed E-state index contributed by atoms with van der Waals surface area (Å²) in [6.45, 7) is 2.04. The maximum atomic E-state index is 12.5. The third-order valence-corrected chi connectivity index (χ3v) is 9.14. The van der Waals surface area contributed by atoms with Gasteiger partial charge in [-0.3, -0.25) is 14.6 Å². The molecule has 9 nitrogen and oxygen atoms in total. The number of amides is 1. The quantitative estimate of drug-likeness (QED) is 0.0962. The van der Waals surface area contributed by atoms with Gasteiger partial charge >= 0.3 is 5.97 Å². The average molecular weight is 680 g/mol. The average Bonchev–Trinajstić information content (AvgIpc) is 3.15. The topological polar surface area (TPSA) is 121 Å². The molecular weight excluding hydrogens is 630 g/mol. The summed E-state index contributed by atoms with van der Waals surface area (Å²) in [7, 11) is 2.11. The van der Waals surface area contributed by atoms with Gasteiger partial charge in [0.05, 0.1) is 18.8 Å². The van der Waals surface area contributed by atoms with E-state index in [0.717, 1.165) is 77.8 Å². The number of benzene rings is 3. The molecule has 0 unspecified atom stereocenters. The van der Waals surface area contributed by atoms with Gasteiger partial charge in [0.1, 0.15) is 0 Å². The number of aliphatic carboxylic acids is 1. The van der Waals surface area contributed by atoms with E-state index in [4.69, 9.17) is 14.6 Å². The molecule has 4 aromatic rings. The molecule has 3 atom stereocenters. The fourth-order valence-corrected chi connectivity index (χ4v) is 6.30. The number of aliphatic hydroxyl groups is 1. The number of nitrogens with zero attached hydrogens (tertiary/aromatic N) is 2. The number of hydrogen-bond acceptors (Lipinski definition) is 7. The maximum Gasteiger partial charge on any atom is 0.303 e. The lowest BCUT2D eigenvalue weighted by molar-refractivity contribution is -0.252. The SMILES string of the molecule is CN(CCc1ccccn1)C[C@H]1C[C@@H](c2ccc(CO)cc2)O[C@@H](c2ccc(-c3ccccc3CNC(=O)CCCCCCC(=O)O)cc2)O1. The molecule has 9 heteroatoms. The molecule has 0 bridgehead atoms. The van der Waals surface area contributed by atoms with Crippen molar-refractivity contribution in [3.8, 4) is 11.1 Å². The minimum Gasteiger partial charge on any atom is -0.481 e. The summed E-state index contributed by atoms with van der Waals surface area (Å²) in [5, 5.41) is 21.4. The first-order valence-electron chi connectivity index (χ1n) is 17.6. The number of nitrogens with one attached hydrogen (secondary N) is 1. The minimum atomic E-state index is -0.775. The van der Waals surface area contributed by atoms with E-state index in [9.17, 15) is 14.7 Å². The number of ether oxygens (including phenoxy) is 2. The molecule has 1 aromatic heterocycles. The summed E-state index contributed by atoms with van der Waals surface area (Å²) in [4.78, 5) is 29.9. The second kappa shape index (κ2) is 19.1. The second-order valence-electron chi connectivity index (χ2n) is 13.0. The summed E-state index contributed by atoms with van der Waals surface area (Å²) < 4.78 is 13.2. The van der Waals surface area contributed by atoms with Crippen molar-refractivity contribution in [1.29, 1.82) is 0 Å². The molecule has 3 N–H and O–H groups in total. The van der Waals surface area contributed by atoms with Crippen LogP contribution in [0.3, 0.4) is 0 Å². The summed E-state index contributed by atoms with van der Waals surface area (Å²) in [6, 6.07) is 30.3. The van der Waals surface area contributed by atoms with Crippen LogP contribution < -0.4 is 5.32 Å². The van der Waals surface area contributed by atoms with Crippen molar-refractivity contribution < 1.29 is 29.3 Å². The van der Waals surface area contributed by atoms with Crippen LogP contribution in [0, 0.1) is 0 Å². The third kappa shape index (κ3) is 11.3. The number of unbranched alkanes of at least 4 members (excludes halogenated alkanes) is 3. The first-order valence-corrected chi connectivity index (χ1v) is 17.6. The van der Waals surface area contributed by atoms with Gasteiger partial charge in [-0.2, -0.15) is 0 Å². The molecule has 1 fully saturated rings. The first kappa shape index (κ1) is 36.9. The monoisotopic (exact) mass is 679 g/mol. The summed E-state index contributed by atoms with van der Waals surface area (Å²) in [5.74, 6) is -0.778. The Morgan fingerprint density at radius 2 is 1.58 bits per heavy atom. The molecule has 0 spiro atoms. The Balaban J connectivity index is 1.22. The molecule has 264 valence electrons. The van der Waals surface area contributed by atoms with Crippen molar-refractivity contribution in [3.05, 3.63) is 125 Å². The van der Waals surface area contributed by atoms with E-state index in [0.29, 0.717) is 25.8 Å². The summed E-state index contributed by atoms with van der Waals surface area (Å²) in [6.07, 6.45) is 6.30. The van der Waals surface area contributed by atoms with E-state index in [1.165, 1.54) is 0 Å². The number of rotatable bonds is 18. The Morgan fingerprint density at radius 3 is 2.30 bits per heavy atom. The molecule has 5 rings (SSSR count). The van der Waals surface area contributed by atoms with Gasteiger partial charge in [0.25, 0.3) is 0 Å². The predicted molar refractivity (Wildman–Crippen MR) is 193 cm³/mol. The van der Waals surface area contributed by atoms with E-state index in [1.807, 2.05) is 60.8 Å². The summed E-state index contributed by atoms with van der Waals surface area (Å²) >= 11 is 0. The number of aromatic nitrogens is 1. The standard InChI is InChI=1S/C41H49N3O6/c1-44(25-23-35-11-8-9-24-42-35)28-36-26-38(32-17-15-30(29-45)16-18-32)50-41(49-36)33-21-19-31(20-22-33)37-12-7-6-10-34(37)27-43-39(46)13-4-2-3-5-14-40(47)48/h6-12,15-22,24,36,38,41,45H,2-5,13-14,23,25-29H2,1H3,(H,43,46)(H,47,48)/t36-,38+,41+/m1/s1. The molecule has 1 aliphatic rings. The van der Waals surface area contributed by atoms with Crippen LogP contribution in [0.4, 0.5) is 0 Å². The van der Waals surface area contributed by atoms with Gasteiger partial charge in [0.15, 0.2) is 6.29 Å². The van der Waals surface area contributed by atoms with E-state index >= 15 is 0 Å². The normalized spacial score (nSPS) is 17.5. The van der Waals surface area contributed by atoms with Crippen LogP contribution >= 0.6 is 0 Å². The number of pyridine rings is 1. The Morgan fingerprint density at radius 1 is 0.860 bits per heavy atom. The molecule has 3 aromatic carbocycles. The fraction of sp³-hybridized carbons (Fsp3) is 0.390. The van der Waals surface area contributed by atoms with Crippen LogP contribution in [0.1, 0.15) is 85.3 Å². The number of carboxylic acids is 1. The number of carboxylic acid groups (broad SMARTS) is 1. The van der Waals surface area contributed by atoms with Gasteiger partial charge in [-0.05, 0) is 59.8 Å². The van der Waals surface area contributed by atoms with Crippen LogP contribution in [0.15, 0.2) is 97.2 Å². The van der Waals surface area contributed by atoms with Gasteiger partial charge in [-0.15, -0.1) is 0 Å². The number of carbonyl (C=O) groups excluding carboxylic acids is 1. The molecular formula is C41H49N3O6. The Labute approximate surface area is 295 Å². The fourth-order valence-electron chi connectivity index (χ4n) is 6.30. The van der Waals surface area contributed by atoms with Crippen LogP contribution in [0.2, 0.25) is 0 Å². The van der Waals surface area contributed by atoms with Gasteiger partial charge in [-0.1, -0.05) is 91.7 Å². The smallest absolute Gasteiger partial charge is 0.303 e. The minimum absolute atomic E-state index is 0.000654. The van der Waals surface area contributed by atoms with Crippen molar-refractivity contribution in [3.63, 3.8) is 0 Å². The van der Waals surface area contributed by atoms with Crippen molar-refractivity contribution in [2.45, 2.75) is 83.0 Å². The number of aliphatic hydroxyl groups excluding tert-OH is 1. The highest BCUT2D eigenvalue weighted by molar-refractivity contribution is 5.76. The Kier molecular flexibility index (Phi) is 14.1. The van der Waals surface area contributed by atoms with E-state index in [-0.39, 0.29) is 31.1 Å². The third-order valence-electron chi connectivity index (χ3n) is 9.14. The van der Waals surface area contributed by atoms with Crippen LogP contribution in [0.5, 0.6) is 0 Å². The van der Waals surface area contributed by atoms with Crippen molar-refractivity contribution >= 4 is 11.9 Å². The predicted octanol–water partition coefficient (Wildman–Crippen LogP) is 7.00. The van der Waals surface area contributed by atoms with E-state index in [1.54, 1.807) is 0 Å². The van der Waals surface area contributed by atoms with Crippen LogP contribution in [0.25, 0.3) is 11.1 Å². The Bertz CT molecular complexity index is 1630. The maximum absolute atomic E-state index is 12.5. The van der Waals surface area contributed by atoms with Gasteiger partial charge in [-0.25, -0.2) is 0 Å². The molecule has 0 saturated carbocycles. The van der Waals surface area contributed by atoms with Gasteiger partial charge in [0.2, 0.25) is 5.91 Å². The van der Waals surface area contributed by atoms with Gasteiger partial charge < -0.3 is 29.9 Å². The number of hydrogen-bond donors (Lipinski definition) is 3. The Hall–Kier alpha value is -4.41. The van der Waals surface area contributed by atoms with Gasteiger partial charge in [0, 0.05) is 62.8 Å². The molecule has 2 heterocycles. The molecule has 1 amide bonds. The van der Waals surface area contributed by atoms with E-state index < -0.39 is 12.3 Å². The zero-order valence-electron chi connectivity index (χ0n) is 28.9. The molecule has 1 saturated heterocycles. The first-order chi connectivity index (χ1) is 24.4. The largest absolute Gasteiger partial charge is 0.481 e. The lowest BCUT2D eigenvalue weighted by Gasteiger charge is -2.38. The molecule has 1 aliphatic heterocycles. The zero-order chi connectivity index (χ0) is 35.1.